The highest BCUT2D eigenvalue weighted by Gasteiger charge is 2.44. The first-order chi connectivity index (χ1) is 12.3. The normalized spacial score (nSPS) is 20.2. The van der Waals surface area contributed by atoms with Crippen molar-refractivity contribution < 1.29 is 14.9 Å². The number of fused-ring (bicyclic) bond motifs is 4. The summed E-state index contributed by atoms with van der Waals surface area (Å²) in [7, 11) is 0. The molecule has 0 fully saturated rings. The van der Waals surface area contributed by atoms with E-state index >= 15 is 0 Å². The van der Waals surface area contributed by atoms with Gasteiger partial charge in [-0.2, -0.15) is 0 Å². The molecule has 1 spiro atoms. The number of hydrogen-bond donors (Lipinski definition) is 4. The van der Waals surface area contributed by atoms with E-state index in [1.54, 1.807) is 38.2 Å². The Balaban J connectivity index is 1.92. The van der Waals surface area contributed by atoms with E-state index in [0.29, 0.717) is 29.6 Å². The van der Waals surface area contributed by atoms with Crippen LogP contribution >= 0.6 is 0 Å². The molecule has 132 valence electrons. The molecule has 1 aromatic heterocycles. The lowest BCUT2D eigenvalue weighted by Crippen LogP contribution is -2.34. The highest BCUT2D eigenvalue weighted by Crippen LogP contribution is 2.50. The summed E-state index contributed by atoms with van der Waals surface area (Å²) in [5.74, 6) is 7.55. The highest BCUT2D eigenvalue weighted by molar-refractivity contribution is 5.63. The Labute approximate surface area is 151 Å². The molecule has 1 aromatic carbocycles. The average molecular weight is 349 g/mol. The summed E-state index contributed by atoms with van der Waals surface area (Å²) >= 11 is 0. The van der Waals surface area contributed by atoms with Crippen LogP contribution in [-0.4, -0.2) is 27.3 Å². The summed E-state index contributed by atoms with van der Waals surface area (Å²) < 4.78 is 5.94. The molecule has 0 radical (unpaired) electrons. The van der Waals surface area contributed by atoms with Crippen LogP contribution in [0.3, 0.4) is 0 Å². The smallest absolute Gasteiger partial charge is 0.223 e. The maximum atomic E-state index is 9.98. The fourth-order valence-corrected chi connectivity index (χ4v) is 3.31. The molecule has 0 saturated heterocycles. The Morgan fingerprint density at radius 3 is 2.81 bits per heavy atom. The Hall–Kier alpha value is -3.17. The molecule has 4 rings (SSSR count). The van der Waals surface area contributed by atoms with Crippen molar-refractivity contribution in [2.45, 2.75) is 24.9 Å². The lowest BCUT2D eigenvalue weighted by atomic mass is 9.73. The molecule has 3 heterocycles. The van der Waals surface area contributed by atoms with Crippen molar-refractivity contribution in [2.75, 3.05) is 6.54 Å². The van der Waals surface area contributed by atoms with Crippen LogP contribution in [0.5, 0.6) is 17.4 Å². The van der Waals surface area contributed by atoms with Crippen molar-refractivity contribution in [3.63, 3.8) is 0 Å². The molecule has 2 aliphatic rings. The molecule has 1 atom stereocenters. The number of phenols is 1. The summed E-state index contributed by atoms with van der Waals surface area (Å²) in [6.45, 7) is 3.77. The van der Waals surface area contributed by atoms with Gasteiger partial charge < -0.3 is 26.0 Å². The van der Waals surface area contributed by atoms with Crippen LogP contribution in [0.2, 0.25) is 0 Å². The van der Waals surface area contributed by atoms with Gasteiger partial charge in [0.15, 0.2) is 0 Å². The SMILES string of the molecule is CC(C)(O)C#Cc1cnc2c(c1)[C@]1(C=C(N)NC1)c1cc(O)ccc1O2. The second-order valence-electron chi connectivity index (χ2n) is 7.09. The zero-order valence-electron chi connectivity index (χ0n) is 14.5. The lowest BCUT2D eigenvalue weighted by Gasteiger charge is -2.34. The van der Waals surface area contributed by atoms with E-state index in [9.17, 15) is 10.2 Å². The minimum Gasteiger partial charge on any atom is -0.508 e. The van der Waals surface area contributed by atoms with Gasteiger partial charge in [-0.15, -0.1) is 0 Å². The summed E-state index contributed by atoms with van der Waals surface area (Å²) in [6, 6.07) is 6.88. The predicted molar refractivity (Wildman–Crippen MR) is 96.6 cm³/mol. The van der Waals surface area contributed by atoms with Crippen LogP contribution in [0, 0.1) is 11.8 Å². The van der Waals surface area contributed by atoms with E-state index in [0.717, 1.165) is 11.1 Å². The number of aromatic hydroxyl groups is 1. The van der Waals surface area contributed by atoms with E-state index in [1.165, 1.54) is 0 Å². The number of ether oxygens (including phenoxy) is 1. The molecule has 2 aromatic rings. The van der Waals surface area contributed by atoms with Gasteiger partial charge in [-0.05, 0) is 44.2 Å². The van der Waals surface area contributed by atoms with Gasteiger partial charge >= 0.3 is 0 Å². The number of hydrogen-bond acceptors (Lipinski definition) is 6. The number of nitrogens with two attached hydrogens (primary N) is 1. The molecule has 0 unspecified atom stereocenters. The third kappa shape index (κ3) is 2.63. The van der Waals surface area contributed by atoms with Crippen LogP contribution in [0.1, 0.15) is 30.5 Å². The van der Waals surface area contributed by atoms with Crippen molar-refractivity contribution in [3.8, 4) is 29.2 Å². The van der Waals surface area contributed by atoms with Gasteiger partial charge in [0.25, 0.3) is 0 Å². The summed E-state index contributed by atoms with van der Waals surface area (Å²) in [5.41, 5.74) is 6.60. The van der Waals surface area contributed by atoms with Crippen molar-refractivity contribution in [2.24, 2.45) is 5.73 Å². The molecule has 26 heavy (non-hydrogen) atoms. The Bertz CT molecular complexity index is 996. The van der Waals surface area contributed by atoms with E-state index in [4.69, 9.17) is 10.5 Å². The molecule has 6 heteroatoms. The Kier molecular flexibility index (Phi) is 3.40. The molecule has 0 saturated carbocycles. The minimum absolute atomic E-state index is 0.153. The number of nitrogens with zero attached hydrogens (tertiary/aromatic N) is 1. The minimum atomic E-state index is -1.10. The second-order valence-corrected chi connectivity index (χ2v) is 7.09. The summed E-state index contributed by atoms with van der Waals surface area (Å²) in [5, 5.41) is 23.0. The van der Waals surface area contributed by atoms with Gasteiger partial charge in [-0.3, -0.25) is 0 Å². The predicted octanol–water partition coefficient (Wildman–Crippen LogP) is 1.70. The van der Waals surface area contributed by atoms with Crippen molar-refractivity contribution in [1.29, 1.82) is 0 Å². The fourth-order valence-electron chi connectivity index (χ4n) is 3.31. The second kappa shape index (κ2) is 5.41. The number of aliphatic hydroxyl groups is 1. The van der Waals surface area contributed by atoms with Gasteiger partial charge in [-0.1, -0.05) is 11.8 Å². The van der Waals surface area contributed by atoms with E-state index in [1.807, 2.05) is 12.1 Å². The number of phenolic OH excluding ortho intramolecular Hbond substituents is 1. The van der Waals surface area contributed by atoms with Gasteiger partial charge in [0.05, 0.1) is 11.2 Å². The zero-order valence-corrected chi connectivity index (χ0v) is 14.5. The number of pyridine rings is 1. The quantitative estimate of drug-likeness (QED) is 0.540. The Morgan fingerprint density at radius 1 is 1.31 bits per heavy atom. The van der Waals surface area contributed by atoms with Gasteiger partial charge in [0.2, 0.25) is 5.88 Å². The molecule has 6 nitrogen and oxygen atoms in total. The molecule has 5 N–H and O–H groups in total. The Morgan fingerprint density at radius 2 is 2.12 bits per heavy atom. The molecule has 0 aliphatic carbocycles. The van der Waals surface area contributed by atoms with Gasteiger partial charge in [-0.25, -0.2) is 4.98 Å². The van der Waals surface area contributed by atoms with E-state index in [2.05, 4.69) is 22.1 Å². The van der Waals surface area contributed by atoms with Crippen LogP contribution in [0.4, 0.5) is 0 Å². The highest BCUT2D eigenvalue weighted by atomic mass is 16.5. The maximum absolute atomic E-state index is 9.98. The first kappa shape index (κ1) is 16.3. The lowest BCUT2D eigenvalue weighted by molar-refractivity contribution is 0.143. The van der Waals surface area contributed by atoms with Gasteiger partial charge in [0.1, 0.15) is 17.1 Å². The van der Waals surface area contributed by atoms with Crippen molar-refractivity contribution in [3.05, 3.63) is 59.0 Å². The largest absolute Gasteiger partial charge is 0.508 e. The zero-order chi connectivity index (χ0) is 18.5. The maximum Gasteiger partial charge on any atom is 0.223 e. The number of aromatic nitrogens is 1. The molecule has 0 amide bonds. The van der Waals surface area contributed by atoms with Gasteiger partial charge in [0, 0.05) is 29.4 Å². The summed E-state index contributed by atoms with van der Waals surface area (Å²) in [4.78, 5) is 4.42. The average Bonchev–Trinajstić information content (AvgIpc) is 2.96. The van der Waals surface area contributed by atoms with Crippen LogP contribution in [0.15, 0.2) is 42.4 Å². The summed E-state index contributed by atoms with van der Waals surface area (Å²) in [6.07, 6.45) is 3.54. The number of rotatable bonds is 0. The molecular formula is C20H19N3O3. The topological polar surface area (TPSA) is 101 Å². The molecular weight excluding hydrogens is 330 g/mol. The molecule has 2 aliphatic heterocycles. The monoisotopic (exact) mass is 349 g/mol. The van der Waals surface area contributed by atoms with Crippen molar-refractivity contribution in [1.82, 2.24) is 10.3 Å². The van der Waals surface area contributed by atoms with Crippen LogP contribution in [-0.2, 0) is 5.41 Å². The first-order valence-corrected chi connectivity index (χ1v) is 8.26. The van der Waals surface area contributed by atoms with E-state index in [-0.39, 0.29) is 5.75 Å². The number of nitrogens with one attached hydrogen (secondary N) is 1. The van der Waals surface area contributed by atoms with Crippen LogP contribution < -0.4 is 15.8 Å². The third-order valence-electron chi connectivity index (χ3n) is 4.47. The number of benzene rings is 1. The molecule has 0 bridgehead atoms. The van der Waals surface area contributed by atoms with E-state index < -0.39 is 11.0 Å². The van der Waals surface area contributed by atoms with Crippen molar-refractivity contribution >= 4 is 0 Å². The van der Waals surface area contributed by atoms with Crippen LogP contribution in [0.25, 0.3) is 0 Å². The fraction of sp³-hybridized carbons (Fsp3) is 0.250. The first-order valence-electron chi connectivity index (χ1n) is 8.26. The third-order valence-corrected chi connectivity index (χ3v) is 4.47. The standard InChI is InChI=1S/C20H19N3O3/c1-19(2,25)6-5-12-7-15-18(22-10-12)26-16-4-3-13(24)8-14(16)20(15)9-17(21)23-11-20/h3-4,7-10,23-25H,11,21H2,1-2H3/t20-/m0/s1.